The molecule has 0 bridgehead atoms. The molecule has 0 aliphatic carbocycles. The second-order valence-electron chi connectivity index (χ2n) is 5.60. The van der Waals surface area contributed by atoms with Crippen LogP contribution < -0.4 is 10.2 Å². The number of amides is 3. The zero-order chi connectivity index (χ0) is 17.1. The van der Waals surface area contributed by atoms with Gasteiger partial charge in [0.25, 0.3) is 0 Å². The van der Waals surface area contributed by atoms with Gasteiger partial charge in [0.1, 0.15) is 12.4 Å². The van der Waals surface area contributed by atoms with Gasteiger partial charge in [0, 0.05) is 30.0 Å². The number of anilines is 2. The van der Waals surface area contributed by atoms with Crippen LogP contribution in [0.15, 0.2) is 42.6 Å². The molecule has 2 heterocycles. The SMILES string of the molecule is Cc1ccnc(NC(=O)CN2CCN(c3ccc(Cl)cc3)C2=O)c1. The summed E-state index contributed by atoms with van der Waals surface area (Å²) in [6, 6.07) is 10.5. The molecule has 1 aliphatic heterocycles. The predicted molar refractivity (Wildman–Crippen MR) is 93.4 cm³/mol. The molecule has 1 saturated heterocycles. The minimum atomic E-state index is -0.264. The number of rotatable bonds is 4. The van der Waals surface area contributed by atoms with Gasteiger partial charge in [-0.1, -0.05) is 11.6 Å². The third-order valence-corrected chi connectivity index (χ3v) is 4.00. The molecule has 6 nitrogen and oxygen atoms in total. The molecule has 24 heavy (non-hydrogen) atoms. The molecule has 0 unspecified atom stereocenters. The van der Waals surface area contributed by atoms with Crippen molar-refractivity contribution >= 4 is 35.0 Å². The lowest BCUT2D eigenvalue weighted by Crippen LogP contribution is -2.37. The van der Waals surface area contributed by atoms with Gasteiger partial charge in [-0.05, 0) is 48.9 Å². The van der Waals surface area contributed by atoms with Crippen molar-refractivity contribution in [1.29, 1.82) is 0 Å². The summed E-state index contributed by atoms with van der Waals surface area (Å²) in [5.41, 5.74) is 1.78. The molecule has 7 heteroatoms. The molecule has 3 amide bonds. The Morgan fingerprint density at radius 1 is 1.25 bits per heavy atom. The number of nitrogens with one attached hydrogen (secondary N) is 1. The molecule has 1 aliphatic rings. The van der Waals surface area contributed by atoms with Crippen molar-refractivity contribution in [1.82, 2.24) is 9.88 Å². The maximum atomic E-state index is 12.5. The number of carbonyl (C=O) groups excluding carboxylic acids is 2. The number of hydrogen-bond acceptors (Lipinski definition) is 3. The van der Waals surface area contributed by atoms with E-state index in [0.717, 1.165) is 11.3 Å². The Hall–Kier alpha value is -2.60. The van der Waals surface area contributed by atoms with Gasteiger partial charge in [0.2, 0.25) is 5.91 Å². The lowest BCUT2D eigenvalue weighted by molar-refractivity contribution is -0.116. The van der Waals surface area contributed by atoms with Crippen molar-refractivity contribution in [2.75, 3.05) is 29.9 Å². The van der Waals surface area contributed by atoms with Gasteiger partial charge >= 0.3 is 6.03 Å². The van der Waals surface area contributed by atoms with Crippen molar-refractivity contribution < 1.29 is 9.59 Å². The highest BCUT2D eigenvalue weighted by Crippen LogP contribution is 2.22. The van der Waals surface area contributed by atoms with Gasteiger partial charge in [0.15, 0.2) is 0 Å². The lowest BCUT2D eigenvalue weighted by atomic mass is 10.3. The molecule has 0 saturated carbocycles. The van der Waals surface area contributed by atoms with Crippen molar-refractivity contribution in [2.45, 2.75) is 6.92 Å². The molecule has 0 spiro atoms. The summed E-state index contributed by atoms with van der Waals surface area (Å²) in [5.74, 6) is 0.223. The molecule has 1 N–H and O–H groups in total. The quantitative estimate of drug-likeness (QED) is 0.927. The second-order valence-corrected chi connectivity index (χ2v) is 6.04. The van der Waals surface area contributed by atoms with Crippen LogP contribution in [0, 0.1) is 6.92 Å². The number of urea groups is 1. The van der Waals surface area contributed by atoms with E-state index in [9.17, 15) is 9.59 Å². The highest BCUT2D eigenvalue weighted by Gasteiger charge is 2.30. The van der Waals surface area contributed by atoms with E-state index < -0.39 is 0 Å². The summed E-state index contributed by atoms with van der Waals surface area (Å²) in [5, 5.41) is 3.33. The Morgan fingerprint density at radius 2 is 2.00 bits per heavy atom. The van der Waals surface area contributed by atoms with E-state index in [-0.39, 0.29) is 18.5 Å². The van der Waals surface area contributed by atoms with E-state index in [1.807, 2.05) is 13.0 Å². The van der Waals surface area contributed by atoms with Gasteiger partial charge in [-0.3, -0.25) is 9.69 Å². The van der Waals surface area contributed by atoms with E-state index in [1.165, 1.54) is 4.90 Å². The average Bonchev–Trinajstić information content (AvgIpc) is 2.89. The van der Waals surface area contributed by atoms with Crippen molar-refractivity contribution in [2.24, 2.45) is 0 Å². The molecule has 1 aromatic heterocycles. The fraction of sp³-hybridized carbons (Fsp3) is 0.235. The maximum Gasteiger partial charge on any atom is 0.325 e. The first-order chi connectivity index (χ1) is 11.5. The van der Waals surface area contributed by atoms with Crippen LogP contribution in [0.25, 0.3) is 0 Å². The summed E-state index contributed by atoms with van der Waals surface area (Å²) in [6.07, 6.45) is 1.63. The third kappa shape index (κ3) is 3.65. The van der Waals surface area contributed by atoms with Gasteiger partial charge < -0.3 is 10.2 Å². The van der Waals surface area contributed by atoms with Crippen LogP contribution >= 0.6 is 11.6 Å². The number of aryl methyl sites for hydroxylation is 1. The van der Waals surface area contributed by atoms with Crippen LogP contribution in [0.4, 0.5) is 16.3 Å². The van der Waals surface area contributed by atoms with Crippen LogP contribution in [0.3, 0.4) is 0 Å². The normalized spacial score (nSPS) is 14.2. The number of halogens is 1. The summed E-state index contributed by atoms with van der Waals surface area (Å²) >= 11 is 5.87. The first-order valence-electron chi connectivity index (χ1n) is 7.57. The van der Waals surface area contributed by atoms with E-state index in [2.05, 4.69) is 10.3 Å². The minimum Gasteiger partial charge on any atom is -0.313 e. The van der Waals surface area contributed by atoms with E-state index in [0.29, 0.717) is 23.9 Å². The number of hydrogen-bond donors (Lipinski definition) is 1. The molecule has 0 radical (unpaired) electrons. The molecule has 1 aromatic carbocycles. The highest BCUT2D eigenvalue weighted by molar-refractivity contribution is 6.30. The van der Waals surface area contributed by atoms with E-state index in [1.54, 1.807) is 41.4 Å². The molecule has 3 rings (SSSR count). The fourth-order valence-corrected chi connectivity index (χ4v) is 2.68. The van der Waals surface area contributed by atoms with E-state index in [4.69, 9.17) is 11.6 Å². The first-order valence-corrected chi connectivity index (χ1v) is 7.95. The van der Waals surface area contributed by atoms with Crippen LogP contribution in [0.1, 0.15) is 5.56 Å². The molecule has 2 aromatic rings. The molecule has 0 atom stereocenters. The third-order valence-electron chi connectivity index (χ3n) is 3.75. The van der Waals surface area contributed by atoms with Crippen molar-refractivity contribution in [3.05, 3.63) is 53.2 Å². The molecular formula is C17H17ClN4O2. The topological polar surface area (TPSA) is 65.5 Å². The van der Waals surface area contributed by atoms with Crippen LogP contribution in [-0.2, 0) is 4.79 Å². The fourth-order valence-electron chi connectivity index (χ4n) is 2.55. The smallest absolute Gasteiger partial charge is 0.313 e. The Kier molecular flexibility index (Phi) is 4.66. The number of benzene rings is 1. The highest BCUT2D eigenvalue weighted by atomic mass is 35.5. The van der Waals surface area contributed by atoms with Crippen LogP contribution in [-0.4, -0.2) is 41.5 Å². The number of aromatic nitrogens is 1. The minimum absolute atomic E-state index is 0.00144. The number of pyridine rings is 1. The average molecular weight is 345 g/mol. The Bertz CT molecular complexity index is 763. The first kappa shape index (κ1) is 16.3. The monoisotopic (exact) mass is 344 g/mol. The zero-order valence-corrected chi connectivity index (χ0v) is 14.0. The van der Waals surface area contributed by atoms with Gasteiger partial charge in [-0.2, -0.15) is 0 Å². The van der Waals surface area contributed by atoms with Crippen molar-refractivity contribution in [3.8, 4) is 0 Å². The summed E-state index contributed by atoms with van der Waals surface area (Å²) < 4.78 is 0. The van der Waals surface area contributed by atoms with Gasteiger partial charge in [-0.25, -0.2) is 9.78 Å². The van der Waals surface area contributed by atoms with E-state index >= 15 is 0 Å². The Labute approximate surface area is 145 Å². The lowest BCUT2D eigenvalue weighted by Gasteiger charge is -2.18. The summed E-state index contributed by atoms with van der Waals surface area (Å²) in [4.78, 5) is 31.8. The molecular weight excluding hydrogens is 328 g/mol. The number of carbonyl (C=O) groups is 2. The summed E-state index contributed by atoms with van der Waals surface area (Å²) in [7, 11) is 0. The molecule has 1 fully saturated rings. The molecule has 124 valence electrons. The summed E-state index contributed by atoms with van der Waals surface area (Å²) in [6.45, 7) is 2.95. The predicted octanol–water partition coefficient (Wildman–Crippen LogP) is 2.92. The Balaban J connectivity index is 1.61. The maximum absolute atomic E-state index is 12.5. The van der Waals surface area contributed by atoms with Crippen molar-refractivity contribution in [3.63, 3.8) is 0 Å². The van der Waals surface area contributed by atoms with Crippen LogP contribution in [0.5, 0.6) is 0 Å². The van der Waals surface area contributed by atoms with Gasteiger partial charge in [0.05, 0.1) is 0 Å². The second kappa shape index (κ2) is 6.88. The van der Waals surface area contributed by atoms with Crippen LogP contribution in [0.2, 0.25) is 5.02 Å². The standard InChI is InChI=1S/C17H17ClN4O2/c1-12-6-7-19-15(10-12)20-16(23)11-21-8-9-22(17(21)24)14-4-2-13(18)3-5-14/h2-7,10H,8-9,11H2,1H3,(H,19,20,23). The zero-order valence-electron chi connectivity index (χ0n) is 13.2. The Morgan fingerprint density at radius 3 is 2.71 bits per heavy atom. The number of nitrogens with zero attached hydrogens (tertiary/aromatic N) is 3. The largest absolute Gasteiger partial charge is 0.325 e. The van der Waals surface area contributed by atoms with Gasteiger partial charge in [-0.15, -0.1) is 0 Å².